The highest BCUT2D eigenvalue weighted by Crippen LogP contribution is 2.30. The van der Waals surface area contributed by atoms with Crippen molar-refractivity contribution in [3.05, 3.63) is 71.5 Å². The van der Waals surface area contributed by atoms with Crippen molar-refractivity contribution in [2.45, 2.75) is 13.5 Å². The van der Waals surface area contributed by atoms with Crippen LogP contribution < -0.4 is 9.80 Å². The molecule has 6 nitrogen and oxygen atoms in total. The summed E-state index contributed by atoms with van der Waals surface area (Å²) in [5.74, 6) is 0.979. The van der Waals surface area contributed by atoms with Gasteiger partial charge in [-0.05, 0) is 41.0 Å². The Balaban J connectivity index is 1.47. The van der Waals surface area contributed by atoms with Crippen molar-refractivity contribution in [1.82, 2.24) is 9.97 Å². The standard InChI is InChI=1S/C25H24N4O2/c1-18(30)29-17-22-16-26-23(14-20(22)7-6-19-4-2-3-5-24(19)29)21-8-9-25(27-15-21)28-10-12-31-13-11-28/h2-9,14-16H,10-13,17H2,1H3. The van der Waals surface area contributed by atoms with Gasteiger partial charge in [0, 0.05) is 38.0 Å². The average Bonchev–Trinajstić information content (AvgIpc) is 2.81. The minimum absolute atomic E-state index is 0.0145. The predicted octanol–water partition coefficient (Wildman–Crippen LogP) is 4.02. The van der Waals surface area contributed by atoms with Crippen molar-refractivity contribution >= 4 is 29.6 Å². The third kappa shape index (κ3) is 3.94. The Labute approximate surface area is 181 Å². The van der Waals surface area contributed by atoms with Gasteiger partial charge < -0.3 is 14.5 Å². The molecule has 4 heterocycles. The lowest BCUT2D eigenvalue weighted by Crippen LogP contribution is -2.36. The van der Waals surface area contributed by atoms with Crippen molar-refractivity contribution in [3.63, 3.8) is 0 Å². The Hall–Kier alpha value is -3.51. The van der Waals surface area contributed by atoms with Crippen LogP contribution in [-0.4, -0.2) is 42.2 Å². The van der Waals surface area contributed by atoms with Crippen LogP contribution in [-0.2, 0) is 16.1 Å². The molecule has 1 saturated heterocycles. The van der Waals surface area contributed by atoms with Crippen LogP contribution in [0.15, 0.2) is 54.9 Å². The first-order chi connectivity index (χ1) is 15.2. The van der Waals surface area contributed by atoms with Gasteiger partial charge in [-0.15, -0.1) is 0 Å². The second-order valence-electron chi connectivity index (χ2n) is 7.77. The second kappa shape index (κ2) is 8.32. The van der Waals surface area contributed by atoms with Crippen LogP contribution in [0.2, 0.25) is 0 Å². The molecule has 156 valence electrons. The van der Waals surface area contributed by atoms with Crippen LogP contribution >= 0.6 is 0 Å². The monoisotopic (exact) mass is 412 g/mol. The molecule has 1 amide bonds. The van der Waals surface area contributed by atoms with E-state index in [1.54, 1.807) is 11.8 Å². The summed E-state index contributed by atoms with van der Waals surface area (Å²) >= 11 is 0. The normalized spacial score (nSPS) is 15.6. The summed E-state index contributed by atoms with van der Waals surface area (Å²) in [5.41, 5.74) is 5.86. The maximum absolute atomic E-state index is 12.3. The Morgan fingerprint density at radius 3 is 2.55 bits per heavy atom. The summed E-state index contributed by atoms with van der Waals surface area (Å²) < 4.78 is 5.42. The first-order valence-corrected chi connectivity index (χ1v) is 10.5. The molecule has 5 rings (SSSR count). The maximum atomic E-state index is 12.3. The van der Waals surface area contributed by atoms with Gasteiger partial charge in [0.05, 0.1) is 31.1 Å². The topological polar surface area (TPSA) is 58.6 Å². The Kier molecular flexibility index (Phi) is 5.22. The summed E-state index contributed by atoms with van der Waals surface area (Å²) in [5, 5.41) is 0. The van der Waals surface area contributed by atoms with Crippen LogP contribution in [0, 0.1) is 0 Å². The van der Waals surface area contributed by atoms with E-state index in [-0.39, 0.29) is 5.91 Å². The van der Waals surface area contributed by atoms with Crippen LogP contribution in [0.3, 0.4) is 0 Å². The molecular formula is C25H24N4O2. The number of nitrogens with zero attached hydrogens (tertiary/aromatic N) is 4. The van der Waals surface area contributed by atoms with Crippen LogP contribution in [0.25, 0.3) is 23.4 Å². The van der Waals surface area contributed by atoms with E-state index in [2.05, 4.69) is 39.2 Å². The van der Waals surface area contributed by atoms with Gasteiger partial charge in [0.15, 0.2) is 0 Å². The maximum Gasteiger partial charge on any atom is 0.224 e. The van der Waals surface area contributed by atoms with E-state index in [4.69, 9.17) is 4.74 Å². The first kappa shape index (κ1) is 19.5. The van der Waals surface area contributed by atoms with Gasteiger partial charge in [0.25, 0.3) is 0 Å². The van der Waals surface area contributed by atoms with E-state index in [1.165, 1.54) is 0 Å². The Morgan fingerprint density at radius 1 is 0.968 bits per heavy atom. The number of pyridine rings is 2. The third-order valence-electron chi connectivity index (χ3n) is 5.78. The third-order valence-corrected chi connectivity index (χ3v) is 5.78. The van der Waals surface area contributed by atoms with Gasteiger partial charge in [-0.2, -0.15) is 0 Å². The molecule has 0 radical (unpaired) electrons. The van der Waals surface area contributed by atoms with E-state index < -0.39 is 0 Å². The highest BCUT2D eigenvalue weighted by atomic mass is 16.5. The molecule has 3 aromatic rings. The molecule has 0 atom stereocenters. The van der Waals surface area contributed by atoms with Crippen LogP contribution in [0.5, 0.6) is 0 Å². The molecule has 0 saturated carbocycles. The number of ether oxygens (including phenoxy) is 1. The molecule has 0 bridgehead atoms. The number of aromatic nitrogens is 2. The zero-order chi connectivity index (χ0) is 21.2. The molecule has 1 aromatic carbocycles. The summed E-state index contributed by atoms with van der Waals surface area (Å²) in [6.45, 7) is 5.30. The summed E-state index contributed by atoms with van der Waals surface area (Å²) in [7, 11) is 0. The predicted molar refractivity (Wildman–Crippen MR) is 123 cm³/mol. The van der Waals surface area contributed by atoms with E-state index in [0.717, 1.165) is 65.8 Å². The number of hydrogen-bond acceptors (Lipinski definition) is 5. The van der Waals surface area contributed by atoms with Crippen molar-refractivity contribution in [2.75, 3.05) is 36.1 Å². The molecule has 2 aliphatic rings. The SMILES string of the molecule is CC(=O)N1Cc2cnc(-c3ccc(N4CCOCC4)nc3)cc2C=Cc2ccccc21. The average molecular weight is 412 g/mol. The van der Waals surface area contributed by atoms with Crippen molar-refractivity contribution in [3.8, 4) is 11.3 Å². The number of carbonyl (C=O) groups is 1. The smallest absolute Gasteiger partial charge is 0.224 e. The number of carbonyl (C=O) groups excluding carboxylic acids is 1. The molecule has 0 N–H and O–H groups in total. The fourth-order valence-electron chi connectivity index (χ4n) is 4.05. The molecule has 6 heteroatoms. The van der Waals surface area contributed by atoms with Crippen molar-refractivity contribution in [1.29, 1.82) is 0 Å². The molecule has 0 unspecified atom stereocenters. The summed E-state index contributed by atoms with van der Waals surface area (Å²) in [4.78, 5) is 25.7. The van der Waals surface area contributed by atoms with Crippen molar-refractivity contribution < 1.29 is 9.53 Å². The number of hydrogen-bond donors (Lipinski definition) is 0. The number of anilines is 2. The zero-order valence-electron chi connectivity index (χ0n) is 17.5. The highest BCUT2D eigenvalue weighted by Gasteiger charge is 2.19. The lowest BCUT2D eigenvalue weighted by Gasteiger charge is -2.27. The number of rotatable bonds is 2. The van der Waals surface area contributed by atoms with Crippen LogP contribution in [0.4, 0.5) is 11.5 Å². The molecular weight excluding hydrogens is 388 g/mol. The lowest BCUT2D eigenvalue weighted by atomic mass is 10.0. The van der Waals surface area contributed by atoms with E-state index in [1.807, 2.05) is 42.7 Å². The largest absolute Gasteiger partial charge is 0.378 e. The molecule has 0 aliphatic carbocycles. The fourth-order valence-corrected chi connectivity index (χ4v) is 4.05. The molecule has 2 aromatic heterocycles. The minimum Gasteiger partial charge on any atom is -0.378 e. The molecule has 2 aliphatic heterocycles. The van der Waals surface area contributed by atoms with Gasteiger partial charge in [-0.1, -0.05) is 30.4 Å². The summed E-state index contributed by atoms with van der Waals surface area (Å²) in [6, 6.07) is 14.1. The Morgan fingerprint density at radius 2 is 1.77 bits per heavy atom. The number of para-hydroxylation sites is 1. The Bertz CT molecular complexity index is 1130. The molecule has 31 heavy (non-hydrogen) atoms. The number of morpholine rings is 1. The molecule has 0 spiro atoms. The summed E-state index contributed by atoms with van der Waals surface area (Å²) in [6.07, 6.45) is 7.91. The van der Waals surface area contributed by atoms with Gasteiger partial charge in [0.1, 0.15) is 5.82 Å². The number of benzene rings is 1. The molecule has 1 fully saturated rings. The van der Waals surface area contributed by atoms with E-state index in [9.17, 15) is 4.79 Å². The van der Waals surface area contributed by atoms with Gasteiger partial charge in [-0.25, -0.2) is 4.98 Å². The number of fused-ring (bicyclic) bond motifs is 2. The van der Waals surface area contributed by atoms with E-state index >= 15 is 0 Å². The number of amides is 1. The first-order valence-electron chi connectivity index (χ1n) is 10.5. The van der Waals surface area contributed by atoms with Crippen molar-refractivity contribution in [2.24, 2.45) is 0 Å². The second-order valence-corrected chi connectivity index (χ2v) is 7.77. The quantitative estimate of drug-likeness (QED) is 0.636. The van der Waals surface area contributed by atoms with Gasteiger partial charge >= 0.3 is 0 Å². The zero-order valence-corrected chi connectivity index (χ0v) is 17.5. The lowest BCUT2D eigenvalue weighted by molar-refractivity contribution is -0.116. The highest BCUT2D eigenvalue weighted by molar-refractivity contribution is 5.95. The van der Waals surface area contributed by atoms with Gasteiger partial charge in [-0.3, -0.25) is 9.78 Å². The fraction of sp³-hybridized carbons (Fsp3) is 0.240. The van der Waals surface area contributed by atoms with E-state index in [0.29, 0.717) is 6.54 Å². The van der Waals surface area contributed by atoms with Gasteiger partial charge in [0.2, 0.25) is 5.91 Å². The van der Waals surface area contributed by atoms with Crippen LogP contribution in [0.1, 0.15) is 23.6 Å². The minimum atomic E-state index is 0.0145.